The normalized spacial score (nSPS) is 21.7. The minimum Gasteiger partial charge on any atom is -0.336 e. The van der Waals surface area contributed by atoms with Crippen LogP contribution in [0.1, 0.15) is 18.4 Å². The van der Waals surface area contributed by atoms with Crippen molar-refractivity contribution < 1.29 is 9.59 Å². The first-order valence-electron chi connectivity index (χ1n) is 7.80. The lowest BCUT2D eigenvalue weighted by molar-refractivity contribution is 0.139. The van der Waals surface area contributed by atoms with Gasteiger partial charge in [0.1, 0.15) is 0 Å². The van der Waals surface area contributed by atoms with E-state index in [0.717, 1.165) is 37.2 Å². The number of nitrogens with one attached hydrogen (secondary N) is 2. The van der Waals surface area contributed by atoms with Crippen LogP contribution in [0.4, 0.5) is 15.3 Å². The monoisotopic (exact) mass is 302 g/mol. The second-order valence-corrected chi connectivity index (χ2v) is 5.97. The zero-order chi connectivity index (χ0) is 15.5. The Morgan fingerprint density at radius 2 is 2.23 bits per heavy atom. The third-order valence-corrected chi connectivity index (χ3v) is 4.28. The predicted octanol–water partition coefficient (Wildman–Crippen LogP) is 2.02. The van der Waals surface area contributed by atoms with Crippen molar-refractivity contribution in [3.63, 3.8) is 0 Å². The van der Waals surface area contributed by atoms with Crippen molar-refractivity contribution in [1.82, 2.24) is 15.1 Å². The molecule has 0 unspecified atom stereocenters. The molecular weight excluding hydrogens is 280 g/mol. The molecule has 0 saturated carbocycles. The van der Waals surface area contributed by atoms with Gasteiger partial charge < -0.3 is 20.4 Å². The third-order valence-electron chi connectivity index (χ3n) is 4.28. The summed E-state index contributed by atoms with van der Waals surface area (Å²) >= 11 is 0. The molecule has 118 valence electrons. The number of benzene rings is 1. The Hall–Kier alpha value is -2.24. The van der Waals surface area contributed by atoms with E-state index in [2.05, 4.69) is 10.6 Å². The van der Waals surface area contributed by atoms with Crippen LogP contribution < -0.4 is 10.6 Å². The van der Waals surface area contributed by atoms with E-state index in [-0.39, 0.29) is 18.1 Å². The Bertz CT molecular complexity index is 575. The van der Waals surface area contributed by atoms with Crippen molar-refractivity contribution >= 4 is 17.7 Å². The second-order valence-electron chi connectivity index (χ2n) is 5.97. The maximum atomic E-state index is 12.4. The first-order valence-corrected chi connectivity index (χ1v) is 7.80. The molecule has 6 heteroatoms. The van der Waals surface area contributed by atoms with Crippen LogP contribution in [0.15, 0.2) is 24.3 Å². The molecular formula is C16H22N4O2. The molecule has 4 amide bonds. The fraction of sp³-hybridized carbons (Fsp3) is 0.500. The quantitative estimate of drug-likeness (QED) is 0.878. The third kappa shape index (κ3) is 3.16. The molecule has 1 aromatic carbocycles. The lowest BCUT2D eigenvalue weighted by Crippen LogP contribution is -2.51. The van der Waals surface area contributed by atoms with Gasteiger partial charge >= 0.3 is 12.1 Å². The predicted molar refractivity (Wildman–Crippen MR) is 84.9 cm³/mol. The minimum absolute atomic E-state index is 0.00839. The summed E-state index contributed by atoms with van der Waals surface area (Å²) in [6, 6.07) is 7.80. The van der Waals surface area contributed by atoms with Gasteiger partial charge in [0.05, 0.1) is 6.04 Å². The molecule has 1 atom stereocenters. The Morgan fingerprint density at radius 1 is 1.36 bits per heavy atom. The SMILES string of the molecule is Cc1cccc(NC(=O)N2CCC[C@H](N3CCNC3=O)C2)c1. The van der Waals surface area contributed by atoms with Crippen molar-refractivity contribution in [3.8, 4) is 0 Å². The number of urea groups is 2. The first kappa shape index (κ1) is 14.7. The van der Waals surface area contributed by atoms with E-state index >= 15 is 0 Å². The average molecular weight is 302 g/mol. The van der Waals surface area contributed by atoms with Crippen LogP contribution >= 0.6 is 0 Å². The van der Waals surface area contributed by atoms with Crippen molar-refractivity contribution in [2.75, 3.05) is 31.5 Å². The molecule has 0 aliphatic carbocycles. The van der Waals surface area contributed by atoms with Crippen LogP contribution in [0.2, 0.25) is 0 Å². The molecule has 2 aliphatic rings. The maximum absolute atomic E-state index is 12.4. The molecule has 0 radical (unpaired) electrons. The summed E-state index contributed by atoms with van der Waals surface area (Å²) in [6.07, 6.45) is 1.89. The van der Waals surface area contributed by atoms with E-state index in [9.17, 15) is 9.59 Å². The molecule has 2 heterocycles. The standard InChI is InChI=1S/C16H22N4O2/c1-12-4-2-5-13(10-12)18-16(22)19-8-3-6-14(11-19)20-9-7-17-15(20)21/h2,4-5,10,14H,3,6-9,11H2,1H3,(H,17,21)(H,18,22)/t14-/m0/s1. The molecule has 2 saturated heterocycles. The lowest BCUT2D eigenvalue weighted by atomic mass is 10.0. The van der Waals surface area contributed by atoms with Crippen molar-refractivity contribution in [3.05, 3.63) is 29.8 Å². The molecule has 6 nitrogen and oxygen atoms in total. The number of aryl methyl sites for hydroxylation is 1. The minimum atomic E-state index is -0.0881. The number of likely N-dealkylation sites (tertiary alicyclic amines) is 1. The van der Waals surface area contributed by atoms with E-state index in [1.165, 1.54) is 0 Å². The summed E-state index contributed by atoms with van der Waals surface area (Å²) < 4.78 is 0. The van der Waals surface area contributed by atoms with E-state index in [4.69, 9.17) is 0 Å². The number of amides is 4. The summed E-state index contributed by atoms with van der Waals surface area (Å²) in [5.41, 5.74) is 1.93. The number of carbonyl (C=O) groups is 2. The van der Waals surface area contributed by atoms with E-state index in [1.54, 1.807) is 0 Å². The van der Waals surface area contributed by atoms with Crippen LogP contribution in [-0.4, -0.2) is 54.1 Å². The summed E-state index contributed by atoms with van der Waals surface area (Å²) in [4.78, 5) is 27.9. The van der Waals surface area contributed by atoms with Crippen molar-refractivity contribution in [1.29, 1.82) is 0 Å². The first-order chi connectivity index (χ1) is 10.6. The number of hydrogen-bond acceptors (Lipinski definition) is 2. The van der Waals surface area contributed by atoms with Crippen LogP contribution in [0.5, 0.6) is 0 Å². The van der Waals surface area contributed by atoms with Gasteiger partial charge in [0.15, 0.2) is 0 Å². The zero-order valence-corrected chi connectivity index (χ0v) is 12.8. The van der Waals surface area contributed by atoms with Gasteiger partial charge in [-0.3, -0.25) is 0 Å². The number of carbonyl (C=O) groups excluding carboxylic acids is 2. The molecule has 0 aromatic heterocycles. The molecule has 2 fully saturated rings. The fourth-order valence-corrected chi connectivity index (χ4v) is 3.15. The van der Waals surface area contributed by atoms with Gasteiger partial charge in [-0.15, -0.1) is 0 Å². The van der Waals surface area contributed by atoms with Gasteiger partial charge in [0.2, 0.25) is 0 Å². The Balaban J connectivity index is 1.61. The largest absolute Gasteiger partial charge is 0.336 e. The highest BCUT2D eigenvalue weighted by Gasteiger charge is 2.32. The van der Waals surface area contributed by atoms with Crippen LogP contribution in [0.25, 0.3) is 0 Å². The van der Waals surface area contributed by atoms with Gasteiger partial charge in [0.25, 0.3) is 0 Å². The van der Waals surface area contributed by atoms with Crippen molar-refractivity contribution in [2.24, 2.45) is 0 Å². The molecule has 2 N–H and O–H groups in total. The lowest BCUT2D eigenvalue weighted by Gasteiger charge is -2.36. The summed E-state index contributed by atoms with van der Waals surface area (Å²) in [6.45, 7) is 4.77. The topological polar surface area (TPSA) is 64.7 Å². The van der Waals surface area contributed by atoms with E-state index < -0.39 is 0 Å². The molecule has 2 aliphatic heterocycles. The zero-order valence-electron chi connectivity index (χ0n) is 12.8. The number of piperidine rings is 1. The van der Waals surface area contributed by atoms with Gasteiger partial charge in [-0.1, -0.05) is 12.1 Å². The van der Waals surface area contributed by atoms with E-state index in [1.807, 2.05) is 41.0 Å². The molecule has 22 heavy (non-hydrogen) atoms. The summed E-state index contributed by atoms with van der Waals surface area (Å²) in [7, 11) is 0. The van der Waals surface area contributed by atoms with Crippen molar-refractivity contribution in [2.45, 2.75) is 25.8 Å². The van der Waals surface area contributed by atoms with Crippen LogP contribution in [0, 0.1) is 6.92 Å². The van der Waals surface area contributed by atoms with E-state index in [0.29, 0.717) is 13.1 Å². The summed E-state index contributed by atoms with van der Waals surface area (Å²) in [5.74, 6) is 0. The second kappa shape index (κ2) is 6.25. The van der Waals surface area contributed by atoms with Gasteiger partial charge in [0, 0.05) is 31.9 Å². The highest BCUT2D eigenvalue weighted by atomic mass is 16.2. The molecule has 0 spiro atoms. The number of anilines is 1. The van der Waals surface area contributed by atoms with Gasteiger partial charge in [-0.05, 0) is 37.5 Å². The number of hydrogen-bond donors (Lipinski definition) is 2. The Morgan fingerprint density at radius 3 is 2.95 bits per heavy atom. The molecule has 3 rings (SSSR count). The fourth-order valence-electron chi connectivity index (χ4n) is 3.15. The highest BCUT2D eigenvalue weighted by molar-refractivity contribution is 5.89. The van der Waals surface area contributed by atoms with Crippen LogP contribution in [-0.2, 0) is 0 Å². The molecule has 1 aromatic rings. The number of nitrogens with zero attached hydrogens (tertiary/aromatic N) is 2. The average Bonchev–Trinajstić information content (AvgIpc) is 2.93. The van der Waals surface area contributed by atoms with Gasteiger partial charge in [-0.25, -0.2) is 9.59 Å². The van der Waals surface area contributed by atoms with Gasteiger partial charge in [-0.2, -0.15) is 0 Å². The Kier molecular flexibility index (Phi) is 4.18. The Labute approximate surface area is 130 Å². The summed E-state index contributed by atoms with van der Waals surface area (Å²) in [5, 5.41) is 5.77. The van der Waals surface area contributed by atoms with Crippen LogP contribution in [0.3, 0.4) is 0 Å². The number of rotatable bonds is 2. The highest BCUT2D eigenvalue weighted by Crippen LogP contribution is 2.19. The maximum Gasteiger partial charge on any atom is 0.321 e. The smallest absolute Gasteiger partial charge is 0.321 e. The molecule has 0 bridgehead atoms.